The molecule has 5 nitrogen and oxygen atoms in total. The standard InChI is InChI=1S/C29H28N2O3/c32-27-9-3-2-8-26(27)31-17-15-23(18-29(31)33)25-7-1-4-10-28(25)34-20-21-11-13-22(14-12-21)24-6-5-16-30-19-24/h1,4-7,10-19,26-27,32H,2-3,8-9,20H2/t26-,27-/m0/s1. The summed E-state index contributed by atoms with van der Waals surface area (Å²) in [4.78, 5) is 17.1. The lowest BCUT2D eigenvalue weighted by Gasteiger charge is -2.29. The second-order valence-electron chi connectivity index (χ2n) is 8.80. The van der Waals surface area contributed by atoms with Gasteiger partial charge in [0.2, 0.25) is 0 Å². The lowest BCUT2D eigenvalue weighted by Crippen LogP contribution is -2.34. The van der Waals surface area contributed by atoms with Gasteiger partial charge < -0.3 is 14.4 Å². The van der Waals surface area contributed by atoms with Crippen LogP contribution in [-0.2, 0) is 6.61 Å². The molecule has 4 aromatic rings. The van der Waals surface area contributed by atoms with Gasteiger partial charge in [0.25, 0.3) is 5.56 Å². The molecule has 1 saturated carbocycles. The Kier molecular flexibility index (Phi) is 6.54. The van der Waals surface area contributed by atoms with E-state index in [1.807, 2.05) is 54.9 Å². The average Bonchev–Trinajstić information content (AvgIpc) is 2.89. The topological polar surface area (TPSA) is 64.3 Å². The second kappa shape index (κ2) is 10.1. The zero-order chi connectivity index (χ0) is 23.3. The summed E-state index contributed by atoms with van der Waals surface area (Å²) in [5.41, 5.74) is 4.85. The van der Waals surface area contributed by atoms with Gasteiger partial charge >= 0.3 is 0 Å². The van der Waals surface area contributed by atoms with Crippen LogP contribution in [0.2, 0.25) is 0 Å². The van der Waals surface area contributed by atoms with E-state index in [0.717, 1.165) is 59.3 Å². The van der Waals surface area contributed by atoms with Crippen LogP contribution in [0.1, 0.15) is 37.3 Å². The molecule has 2 atom stereocenters. The fraction of sp³-hybridized carbons (Fsp3) is 0.241. The third-order valence-corrected chi connectivity index (χ3v) is 6.54. The maximum atomic E-state index is 12.9. The minimum absolute atomic E-state index is 0.0933. The maximum Gasteiger partial charge on any atom is 0.251 e. The lowest BCUT2D eigenvalue weighted by molar-refractivity contribution is 0.0738. The molecular formula is C29H28N2O3. The Morgan fingerprint density at radius 2 is 1.74 bits per heavy atom. The molecule has 0 aliphatic heterocycles. The second-order valence-corrected chi connectivity index (χ2v) is 8.80. The van der Waals surface area contributed by atoms with Gasteiger partial charge in [-0.25, -0.2) is 0 Å². The Hall–Kier alpha value is -3.70. The number of aliphatic hydroxyl groups is 1. The van der Waals surface area contributed by atoms with Crippen molar-refractivity contribution in [2.24, 2.45) is 0 Å². The van der Waals surface area contributed by atoms with E-state index >= 15 is 0 Å². The van der Waals surface area contributed by atoms with E-state index in [9.17, 15) is 9.90 Å². The molecule has 5 heteroatoms. The van der Waals surface area contributed by atoms with Gasteiger partial charge in [0, 0.05) is 30.2 Å². The monoisotopic (exact) mass is 452 g/mol. The predicted molar refractivity (Wildman–Crippen MR) is 134 cm³/mol. The highest BCUT2D eigenvalue weighted by atomic mass is 16.5. The molecule has 0 bridgehead atoms. The van der Waals surface area contributed by atoms with Gasteiger partial charge in [0.1, 0.15) is 12.4 Å². The fourth-order valence-electron chi connectivity index (χ4n) is 4.67. The van der Waals surface area contributed by atoms with E-state index in [1.165, 1.54) is 0 Å². The number of benzene rings is 2. The summed E-state index contributed by atoms with van der Waals surface area (Å²) in [7, 11) is 0. The Morgan fingerprint density at radius 3 is 2.50 bits per heavy atom. The van der Waals surface area contributed by atoms with Crippen LogP contribution in [0.25, 0.3) is 22.3 Å². The molecule has 2 aromatic carbocycles. The van der Waals surface area contributed by atoms with Gasteiger partial charge in [-0.15, -0.1) is 0 Å². The van der Waals surface area contributed by atoms with E-state index in [1.54, 1.807) is 16.8 Å². The van der Waals surface area contributed by atoms with Crippen molar-refractivity contribution in [3.8, 4) is 28.0 Å². The van der Waals surface area contributed by atoms with Crippen LogP contribution in [0.4, 0.5) is 0 Å². The van der Waals surface area contributed by atoms with Crippen molar-refractivity contribution in [2.75, 3.05) is 0 Å². The first-order chi connectivity index (χ1) is 16.7. The number of ether oxygens (including phenoxy) is 1. The SMILES string of the molecule is O=c1cc(-c2ccccc2OCc2ccc(-c3cccnc3)cc2)ccn1[C@H]1CCCC[C@@H]1O. The number of pyridine rings is 2. The molecule has 0 saturated heterocycles. The van der Waals surface area contributed by atoms with E-state index in [4.69, 9.17) is 4.74 Å². The van der Waals surface area contributed by atoms with Crippen LogP contribution < -0.4 is 10.3 Å². The third-order valence-electron chi connectivity index (χ3n) is 6.54. The van der Waals surface area contributed by atoms with Crippen LogP contribution in [0.5, 0.6) is 5.75 Å². The van der Waals surface area contributed by atoms with Crippen LogP contribution in [0, 0.1) is 0 Å². The number of hydrogen-bond acceptors (Lipinski definition) is 4. The Labute approximate surface area is 199 Å². The van der Waals surface area contributed by atoms with E-state index in [-0.39, 0.29) is 11.6 Å². The van der Waals surface area contributed by atoms with Crippen molar-refractivity contribution in [1.29, 1.82) is 0 Å². The van der Waals surface area contributed by atoms with Crippen molar-refractivity contribution in [3.63, 3.8) is 0 Å². The molecule has 2 aromatic heterocycles. The van der Waals surface area contributed by atoms with E-state index in [2.05, 4.69) is 29.2 Å². The maximum absolute atomic E-state index is 12.9. The molecule has 0 radical (unpaired) electrons. The zero-order valence-corrected chi connectivity index (χ0v) is 19.0. The van der Waals surface area contributed by atoms with Crippen LogP contribution in [0.15, 0.2) is 96.2 Å². The molecule has 1 aliphatic rings. The summed E-state index contributed by atoms with van der Waals surface area (Å²) < 4.78 is 7.85. The first kappa shape index (κ1) is 22.1. The van der Waals surface area contributed by atoms with E-state index < -0.39 is 6.10 Å². The van der Waals surface area contributed by atoms with Gasteiger partial charge in [-0.05, 0) is 53.3 Å². The Bertz CT molecular complexity index is 1300. The summed E-state index contributed by atoms with van der Waals surface area (Å²) in [5, 5.41) is 10.4. The molecule has 34 heavy (non-hydrogen) atoms. The van der Waals surface area contributed by atoms with Gasteiger partial charge in [-0.3, -0.25) is 9.78 Å². The molecule has 0 unspecified atom stereocenters. The van der Waals surface area contributed by atoms with Crippen LogP contribution >= 0.6 is 0 Å². The number of hydrogen-bond donors (Lipinski definition) is 1. The highest BCUT2D eigenvalue weighted by Crippen LogP contribution is 2.31. The third kappa shape index (κ3) is 4.80. The molecule has 1 aliphatic carbocycles. The number of nitrogens with zero attached hydrogens (tertiary/aromatic N) is 2. The number of rotatable bonds is 6. The lowest BCUT2D eigenvalue weighted by atomic mass is 9.92. The number of aromatic nitrogens is 2. The minimum atomic E-state index is -0.461. The van der Waals surface area contributed by atoms with E-state index in [0.29, 0.717) is 6.61 Å². The van der Waals surface area contributed by atoms with Gasteiger partial charge in [-0.2, -0.15) is 0 Å². The molecular weight excluding hydrogens is 424 g/mol. The number of aliphatic hydroxyl groups excluding tert-OH is 1. The fourth-order valence-corrected chi connectivity index (χ4v) is 4.67. The molecule has 0 spiro atoms. The van der Waals surface area contributed by atoms with Gasteiger partial charge in [0.05, 0.1) is 12.1 Å². The van der Waals surface area contributed by atoms with Crippen molar-refractivity contribution >= 4 is 0 Å². The van der Waals surface area contributed by atoms with Crippen molar-refractivity contribution in [1.82, 2.24) is 9.55 Å². The molecule has 1 N–H and O–H groups in total. The van der Waals surface area contributed by atoms with Crippen molar-refractivity contribution < 1.29 is 9.84 Å². The first-order valence-corrected chi connectivity index (χ1v) is 11.8. The smallest absolute Gasteiger partial charge is 0.251 e. The average molecular weight is 453 g/mol. The molecule has 2 heterocycles. The predicted octanol–water partition coefficient (Wildman–Crippen LogP) is 5.63. The van der Waals surface area contributed by atoms with Gasteiger partial charge in [-0.1, -0.05) is 61.4 Å². The van der Waals surface area contributed by atoms with Crippen LogP contribution in [-0.4, -0.2) is 20.8 Å². The van der Waals surface area contributed by atoms with Crippen molar-refractivity contribution in [2.45, 2.75) is 44.4 Å². The minimum Gasteiger partial charge on any atom is -0.488 e. The molecule has 1 fully saturated rings. The Balaban J connectivity index is 1.33. The summed E-state index contributed by atoms with van der Waals surface area (Å²) in [5.74, 6) is 0.730. The summed E-state index contributed by atoms with van der Waals surface area (Å²) >= 11 is 0. The first-order valence-electron chi connectivity index (χ1n) is 11.8. The largest absolute Gasteiger partial charge is 0.488 e. The molecule has 0 amide bonds. The Morgan fingerprint density at radius 1 is 0.912 bits per heavy atom. The molecule has 5 rings (SSSR count). The number of para-hydroxylation sites is 1. The summed E-state index contributed by atoms with van der Waals surface area (Å²) in [6.07, 6.45) is 8.60. The van der Waals surface area contributed by atoms with Gasteiger partial charge in [0.15, 0.2) is 0 Å². The van der Waals surface area contributed by atoms with Crippen LogP contribution in [0.3, 0.4) is 0 Å². The zero-order valence-electron chi connectivity index (χ0n) is 19.0. The van der Waals surface area contributed by atoms with Crippen molar-refractivity contribution in [3.05, 3.63) is 107 Å². The quantitative estimate of drug-likeness (QED) is 0.412. The normalized spacial score (nSPS) is 17.9. The molecule has 172 valence electrons. The summed E-state index contributed by atoms with van der Waals surface area (Å²) in [6.45, 7) is 0.426. The highest BCUT2D eigenvalue weighted by Gasteiger charge is 2.25. The summed E-state index contributed by atoms with van der Waals surface area (Å²) in [6, 6.07) is 23.4. The highest BCUT2D eigenvalue weighted by molar-refractivity contribution is 5.70.